The molecule has 2 fully saturated rings. The second kappa shape index (κ2) is 10.2. The molecule has 0 radical (unpaired) electrons. The fourth-order valence-electron chi connectivity index (χ4n) is 6.47. The van der Waals surface area contributed by atoms with Gasteiger partial charge in [0, 0.05) is 37.8 Å². The normalized spacial score (nSPS) is 26.5. The zero-order valence-electron chi connectivity index (χ0n) is 23.1. The van der Waals surface area contributed by atoms with E-state index in [4.69, 9.17) is 10.5 Å². The van der Waals surface area contributed by atoms with Gasteiger partial charge < -0.3 is 36.2 Å². The summed E-state index contributed by atoms with van der Waals surface area (Å²) in [5.41, 5.74) is 3.50. The number of hydrogen-bond acceptors (Lipinski definition) is 10. The molecule has 3 amide bonds. The first-order valence-corrected chi connectivity index (χ1v) is 13.2. The van der Waals surface area contributed by atoms with Gasteiger partial charge in [-0.1, -0.05) is 0 Å². The van der Waals surface area contributed by atoms with Gasteiger partial charge in [0.25, 0.3) is 0 Å². The minimum atomic E-state index is -2.74. The second-order valence-corrected chi connectivity index (χ2v) is 11.1. The predicted octanol–water partition coefficient (Wildman–Crippen LogP) is 1.05. The average Bonchev–Trinajstić information content (AvgIpc) is 2.92. The second-order valence-electron chi connectivity index (χ2n) is 11.1. The van der Waals surface area contributed by atoms with Crippen LogP contribution in [0.2, 0.25) is 0 Å². The number of aliphatic hydroxyl groups is 1. The van der Waals surface area contributed by atoms with E-state index in [2.05, 4.69) is 10.6 Å². The molecule has 220 valence electrons. The smallest absolute Gasteiger partial charge is 0.323 e. The number of methoxy groups -OCH3 is 1. The van der Waals surface area contributed by atoms with E-state index < -0.39 is 76.5 Å². The summed E-state index contributed by atoms with van der Waals surface area (Å²) >= 11 is 0. The number of rotatable bonds is 5. The van der Waals surface area contributed by atoms with E-state index in [0.717, 1.165) is 0 Å². The Labute approximate surface area is 240 Å². The van der Waals surface area contributed by atoms with E-state index in [-0.39, 0.29) is 24.1 Å². The molecule has 2 aromatic rings. The monoisotopic (exact) mass is 578 g/mol. The first-order valence-electron chi connectivity index (χ1n) is 13.2. The number of nitrogens with zero attached hydrogens (tertiary/aromatic N) is 1. The molecule has 5 atom stereocenters. The van der Waals surface area contributed by atoms with Crippen molar-refractivity contribution < 1.29 is 43.7 Å². The number of nitrogens with one attached hydrogen (secondary N) is 2. The van der Waals surface area contributed by atoms with E-state index in [1.54, 1.807) is 43.3 Å². The predicted molar refractivity (Wildman–Crippen MR) is 148 cm³/mol. The standard InChI is InChI=1S/C29H30N4O9/c1-33(2)18-11-17(32-28(40)31-14-4-6-15(42-3)7-5-14)23(35)21-16(18)9-12-8-13-10-19(34)22(27(30)39)26(38)29(13,41)25(37)20(12)24(21)36/h4-7,11-13,20,22,35,41H,8-10H2,1-3H3,(H2,30,39)(H2,31,32,40)/t12-,13+,20?,22?,29+/m1/s1. The highest BCUT2D eigenvalue weighted by Gasteiger charge is 2.66. The first kappa shape index (κ1) is 28.7. The Hall–Kier alpha value is -4.78. The summed E-state index contributed by atoms with van der Waals surface area (Å²) in [5, 5.41) is 27.7. The summed E-state index contributed by atoms with van der Waals surface area (Å²) < 4.78 is 5.10. The van der Waals surface area contributed by atoms with Gasteiger partial charge in [0.1, 0.15) is 11.5 Å². The lowest BCUT2D eigenvalue weighted by molar-refractivity contribution is -0.175. The van der Waals surface area contributed by atoms with E-state index in [9.17, 15) is 39.0 Å². The third-order valence-electron chi connectivity index (χ3n) is 8.46. The van der Waals surface area contributed by atoms with Crippen LogP contribution in [0.4, 0.5) is 21.9 Å². The number of primary amides is 1. The molecule has 3 aliphatic carbocycles. The lowest BCUT2D eigenvalue weighted by atomic mass is 9.53. The van der Waals surface area contributed by atoms with Crippen LogP contribution < -0.4 is 26.0 Å². The van der Waals surface area contributed by atoms with Crippen molar-refractivity contribution in [1.82, 2.24) is 0 Å². The Morgan fingerprint density at radius 2 is 1.71 bits per heavy atom. The number of aromatic hydroxyl groups is 1. The number of hydrogen-bond donors (Lipinski definition) is 5. The minimum Gasteiger partial charge on any atom is -0.505 e. The Balaban J connectivity index is 1.51. The third-order valence-corrected chi connectivity index (χ3v) is 8.46. The molecule has 13 heteroatoms. The highest BCUT2D eigenvalue weighted by atomic mass is 16.5. The molecule has 0 spiro atoms. The molecule has 0 aromatic heterocycles. The fourth-order valence-corrected chi connectivity index (χ4v) is 6.47. The van der Waals surface area contributed by atoms with Crippen molar-refractivity contribution >= 4 is 52.1 Å². The highest BCUT2D eigenvalue weighted by molar-refractivity contribution is 6.31. The lowest BCUT2D eigenvalue weighted by Gasteiger charge is -2.48. The molecule has 0 aliphatic heterocycles. The zero-order valence-corrected chi connectivity index (χ0v) is 23.1. The van der Waals surface area contributed by atoms with E-state index in [0.29, 0.717) is 22.7 Å². The highest BCUT2D eigenvalue weighted by Crippen LogP contribution is 2.52. The molecular formula is C29H30N4O9. The lowest BCUT2D eigenvalue weighted by Crippen LogP contribution is -2.68. The third kappa shape index (κ3) is 4.36. The number of amides is 3. The molecule has 5 rings (SSSR count). The van der Waals surface area contributed by atoms with Gasteiger partial charge >= 0.3 is 6.03 Å². The molecule has 6 N–H and O–H groups in total. The quantitative estimate of drug-likeness (QED) is 0.252. The Morgan fingerprint density at radius 3 is 2.31 bits per heavy atom. The zero-order chi connectivity index (χ0) is 30.7. The van der Waals surface area contributed by atoms with Crippen LogP contribution in [0.1, 0.15) is 28.8 Å². The number of anilines is 3. The molecular weight excluding hydrogens is 548 g/mol. The number of fused-ring (bicyclic) bond motifs is 3. The Kier molecular flexibility index (Phi) is 7.01. The number of urea groups is 1. The molecule has 0 heterocycles. The van der Waals surface area contributed by atoms with Crippen LogP contribution in [0.15, 0.2) is 30.3 Å². The topological polar surface area (TPSA) is 205 Å². The van der Waals surface area contributed by atoms with Crippen LogP contribution in [0.3, 0.4) is 0 Å². The molecule has 2 saturated carbocycles. The molecule has 3 aliphatic rings. The van der Waals surface area contributed by atoms with Gasteiger partial charge in [0.05, 0.1) is 24.3 Å². The molecule has 13 nitrogen and oxygen atoms in total. The summed E-state index contributed by atoms with van der Waals surface area (Å²) in [4.78, 5) is 79.6. The van der Waals surface area contributed by atoms with Crippen molar-refractivity contribution in [3.05, 3.63) is 41.5 Å². The number of Topliss-reactive ketones (excluding diaryl/α,β-unsaturated/α-hetero) is 4. The molecule has 0 bridgehead atoms. The van der Waals surface area contributed by atoms with Crippen molar-refractivity contribution in [2.75, 3.05) is 36.7 Å². The first-order chi connectivity index (χ1) is 19.8. The van der Waals surface area contributed by atoms with Gasteiger partial charge in [-0.25, -0.2) is 4.79 Å². The fraction of sp³-hybridized carbons (Fsp3) is 0.379. The van der Waals surface area contributed by atoms with Crippen LogP contribution in [0.5, 0.6) is 11.5 Å². The summed E-state index contributed by atoms with van der Waals surface area (Å²) in [5.74, 6) is -10.6. The van der Waals surface area contributed by atoms with Crippen LogP contribution in [-0.2, 0) is 25.6 Å². The van der Waals surface area contributed by atoms with Gasteiger partial charge in [-0.2, -0.15) is 0 Å². The van der Waals surface area contributed by atoms with Crippen molar-refractivity contribution in [1.29, 1.82) is 0 Å². The molecule has 2 aromatic carbocycles. The van der Waals surface area contributed by atoms with Gasteiger partial charge in [-0.3, -0.25) is 24.0 Å². The number of ketones is 4. The summed E-state index contributed by atoms with van der Waals surface area (Å²) in [6.45, 7) is 0. The van der Waals surface area contributed by atoms with Crippen LogP contribution in [-0.4, -0.2) is 72.1 Å². The number of carbonyl (C=O) groups excluding carboxylic acids is 6. The van der Waals surface area contributed by atoms with E-state index in [1.165, 1.54) is 13.2 Å². The summed E-state index contributed by atoms with van der Waals surface area (Å²) in [7, 11) is 4.92. The number of benzene rings is 2. The van der Waals surface area contributed by atoms with Gasteiger partial charge in [-0.15, -0.1) is 0 Å². The SMILES string of the molecule is COc1ccc(NC(=O)Nc2cc(N(C)C)c3c(c2O)C(=O)C2C(=O)[C@]4(O)C(=O)C(C(N)=O)C(=O)C[C@@H]4C[C@@H]2C3)cc1. The van der Waals surface area contributed by atoms with Crippen molar-refractivity contribution in [3.8, 4) is 11.5 Å². The maximum absolute atomic E-state index is 13.9. The number of phenolic OH excluding ortho intramolecular Hbond substituents is 1. The van der Waals surface area contributed by atoms with Crippen molar-refractivity contribution in [3.63, 3.8) is 0 Å². The van der Waals surface area contributed by atoms with Crippen LogP contribution >= 0.6 is 0 Å². The number of ether oxygens (including phenoxy) is 1. The van der Waals surface area contributed by atoms with E-state index in [1.807, 2.05) is 0 Å². The number of carbonyl (C=O) groups is 6. The van der Waals surface area contributed by atoms with Gasteiger partial charge in [-0.05, 0) is 54.7 Å². The largest absolute Gasteiger partial charge is 0.505 e. The average molecular weight is 579 g/mol. The maximum atomic E-state index is 13.9. The van der Waals surface area contributed by atoms with Crippen LogP contribution in [0, 0.1) is 23.7 Å². The minimum absolute atomic E-state index is 0.0149. The Morgan fingerprint density at radius 1 is 1.05 bits per heavy atom. The molecule has 42 heavy (non-hydrogen) atoms. The van der Waals surface area contributed by atoms with E-state index >= 15 is 0 Å². The van der Waals surface area contributed by atoms with Crippen LogP contribution in [0.25, 0.3) is 0 Å². The number of nitrogens with two attached hydrogens (primary N) is 1. The van der Waals surface area contributed by atoms with Crippen molar-refractivity contribution in [2.24, 2.45) is 29.4 Å². The van der Waals surface area contributed by atoms with Crippen molar-refractivity contribution in [2.45, 2.75) is 24.9 Å². The summed E-state index contributed by atoms with van der Waals surface area (Å²) in [6, 6.07) is 7.28. The van der Waals surface area contributed by atoms with Gasteiger partial charge in [0.2, 0.25) is 5.91 Å². The summed E-state index contributed by atoms with van der Waals surface area (Å²) in [6.07, 6.45) is -0.312. The Bertz CT molecular complexity index is 1550. The van der Waals surface area contributed by atoms with Gasteiger partial charge in [0.15, 0.2) is 34.7 Å². The maximum Gasteiger partial charge on any atom is 0.323 e. The molecule has 0 saturated heterocycles. The molecule has 2 unspecified atom stereocenters. The number of phenols is 1.